The Bertz CT molecular complexity index is 243. The topological polar surface area (TPSA) is 75.3 Å². The molecule has 0 saturated carbocycles. The van der Waals surface area contributed by atoms with Crippen molar-refractivity contribution in [2.75, 3.05) is 0 Å². The number of rotatable bonds is 2. The number of carboxylic acid groups (broad SMARTS) is 1. The van der Waals surface area contributed by atoms with Gasteiger partial charge in [0.1, 0.15) is 6.73 Å². The lowest BCUT2D eigenvalue weighted by Gasteiger charge is -1.89. The van der Waals surface area contributed by atoms with Gasteiger partial charge in [-0.25, -0.2) is 9.48 Å². The molecule has 0 unspecified atom stereocenters. The van der Waals surface area contributed by atoms with Crippen LogP contribution < -0.4 is 0 Å². The molecule has 0 aliphatic rings. The van der Waals surface area contributed by atoms with Gasteiger partial charge >= 0.3 is 5.97 Å². The molecule has 0 aliphatic carbocycles. The fourth-order valence-corrected chi connectivity index (χ4v) is 0.555. The van der Waals surface area contributed by atoms with E-state index < -0.39 is 5.97 Å². The Morgan fingerprint density at radius 2 is 2.50 bits per heavy atom. The molecule has 2 N–H and O–H groups in total. The largest absolute Gasteiger partial charge is 0.476 e. The Balaban J connectivity index is 2.88. The van der Waals surface area contributed by atoms with Crippen molar-refractivity contribution in [3.63, 3.8) is 0 Å². The Labute approximate surface area is 56.5 Å². The van der Waals surface area contributed by atoms with E-state index in [1.807, 2.05) is 0 Å². The van der Waals surface area contributed by atoms with Crippen molar-refractivity contribution in [1.82, 2.24) is 9.78 Å². The van der Waals surface area contributed by atoms with Gasteiger partial charge in [0.15, 0.2) is 5.69 Å². The first-order valence-corrected chi connectivity index (χ1v) is 2.61. The third kappa shape index (κ3) is 1.14. The van der Waals surface area contributed by atoms with E-state index in [4.69, 9.17) is 10.2 Å². The number of aromatic carboxylic acids is 1. The molecule has 1 heterocycles. The van der Waals surface area contributed by atoms with E-state index in [2.05, 4.69) is 5.10 Å². The molecular formula is C5H6N2O3. The van der Waals surface area contributed by atoms with Crippen LogP contribution in [-0.4, -0.2) is 26.0 Å². The first-order chi connectivity index (χ1) is 4.74. The van der Waals surface area contributed by atoms with Crippen molar-refractivity contribution in [3.8, 4) is 0 Å². The Morgan fingerprint density at radius 1 is 1.80 bits per heavy atom. The molecule has 0 aromatic carbocycles. The molecular weight excluding hydrogens is 136 g/mol. The molecule has 1 aromatic rings. The summed E-state index contributed by atoms with van der Waals surface area (Å²) in [6, 6.07) is 1.32. The van der Waals surface area contributed by atoms with Crippen LogP contribution in [0.2, 0.25) is 0 Å². The quantitative estimate of drug-likeness (QED) is 0.585. The van der Waals surface area contributed by atoms with E-state index in [1.165, 1.54) is 12.3 Å². The minimum atomic E-state index is -1.09. The molecule has 0 saturated heterocycles. The third-order valence-electron chi connectivity index (χ3n) is 1.00. The summed E-state index contributed by atoms with van der Waals surface area (Å²) in [5.41, 5.74) is -0.0611. The van der Waals surface area contributed by atoms with E-state index in [1.54, 1.807) is 0 Å². The Morgan fingerprint density at radius 3 is 2.80 bits per heavy atom. The number of aliphatic hydroxyl groups is 1. The van der Waals surface area contributed by atoms with Crippen LogP contribution in [0.4, 0.5) is 0 Å². The highest BCUT2D eigenvalue weighted by atomic mass is 16.4. The highest BCUT2D eigenvalue weighted by molar-refractivity contribution is 5.84. The average molecular weight is 142 g/mol. The van der Waals surface area contributed by atoms with E-state index in [-0.39, 0.29) is 12.4 Å². The number of nitrogens with zero attached hydrogens (tertiary/aromatic N) is 2. The summed E-state index contributed by atoms with van der Waals surface area (Å²) in [5, 5.41) is 20.3. The molecule has 0 fully saturated rings. The van der Waals surface area contributed by atoms with Crippen molar-refractivity contribution < 1.29 is 15.0 Å². The van der Waals surface area contributed by atoms with E-state index >= 15 is 0 Å². The van der Waals surface area contributed by atoms with Crippen molar-refractivity contribution in [1.29, 1.82) is 0 Å². The molecule has 0 aliphatic heterocycles. The molecule has 0 spiro atoms. The molecule has 54 valence electrons. The fourth-order valence-electron chi connectivity index (χ4n) is 0.555. The van der Waals surface area contributed by atoms with Crippen molar-refractivity contribution in [3.05, 3.63) is 18.0 Å². The molecule has 1 rings (SSSR count). The van der Waals surface area contributed by atoms with Crippen LogP contribution in [-0.2, 0) is 6.73 Å². The van der Waals surface area contributed by atoms with Crippen LogP contribution in [0.25, 0.3) is 0 Å². The summed E-state index contributed by atoms with van der Waals surface area (Å²) in [4.78, 5) is 10.2. The van der Waals surface area contributed by atoms with Gasteiger partial charge in [-0.1, -0.05) is 0 Å². The minimum Gasteiger partial charge on any atom is -0.476 e. The molecule has 0 radical (unpaired) electrons. The predicted octanol–water partition coefficient (Wildman–Crippen LogP) is -0.469. The maximum atomic E-state index is 10.2. The third-order valence-corrected chi connectivity index (χ3v) is 1.00. The summed E-state index contributed by atoms with van der Waals surface area (Å²) in [6.45, 7) is -0.298. The number of aliphatic hydroxyl groups excluding tert-OH is 1. The SMILES string of the molecule is O=C(O)c1ccn(CO)n1. The second-order valence-corrected chi connectivity index (χ2v) is 1.69. The zero-order chi connectivity index (χ0) is 7.56. The number of carbonyl (C=O) groups is 1. The second kappa shape index (κ2) is 2.49. The summed E-state index contributed by atoms with van der Waals surface area (Å²) >= 11 is 0. The minimum absolute atomic E-state index is 0.0611. The fraction of sp³-hybridized carbons (Fsp3) is 0.200. The monoisotopic (exact) mass is 142 g/mol. The predicted molar refractivity (Wildman–Crippen MR) is 31.4 cm³/mol. The average Bonchev–Trinajstić information content (AvgIpc) is 2.34. The normalized spacial score (nSPS) is 9.70. The molecule has 0 atom stereocenters. The van der Waals surface area contributed by atoms with Gasteiger partial charge in [-0.15, -0.1) is 0 Å². The standard InChI is InChI=1S/C5H6N2O3/c8-3-7-2-1-4(6-7)5(9)10/h1-2,8H,3H2,(H,9,10). The van der Waals surface area contributed by atoms with E-state index in [0.717, 1.165) is 4.68 Å². The van der Waals surface area contributed by atoms with Crippen LogP contribution in [0, 0.1) is 0 Å². The van der Waals surface area contributed by atoms with Gasteiger partial charge in [-0.3, -0.25) is 0 Å². The van der Waals surface area contributed by atoms with Crippen LogP contribution in [0.1, 0.15) is 10.5 Å². The maximum Gasteiger partial charge on any atom is 0.356 e. The maximum absolute atomic E-state index is 10.2. The lowest BCUT2D eigenvalue weighted by molar-refractivity contribution is 0.0688. The van der Waals surface area contributed by atoms with Gasteiger partial charge in [-0.05, 0) is 6.07 Å². The molecule has 0 amide bonds. The van der Waals surface area contributed by atoms with Crippen molar-refractivity contribution in [2.24, 2.45) is 0 Å². The zero-order valence-electron chi connectivity index (χ0n) is 5.06. The van der Waals surface area contributed by atoms with Gasteiger partial charge in [-0.2, -0.15) is 5.10 Å². The number of hydrogen-bond acceptors (Lipinski definition) is 3. The number of hydrogen-bond donors (Lipinski definition) is 2. The Hall–Kier alpha value is -1.36. The van der Waals surface area contributed by atoms with Gasteiger partial charge < -0.3 is 10.2 Å². The first kappa shape index (κ1) is 6.76. The van der Waals surface area contributed by atoms with E-state index in [0.29, 0.717) is 0 Å². The number of carboxylic acids is 1. The second-order valence-electron chi connectivity index (χ2n) is 1.69. The van der Waals surface area contributed by atoms with Crippen LogP contribution >= 0.6 is 0 Å². The highest BCUT2D eigenvalue weighted by Crippen LogP contribution is 1.93. The van der Waals surface area contributed by atoms with Crippen LogP contribution in [0.5, 0.6) is 0 Å². The van der Waals surface area contributed by atoms with Gasteiger partial charge in [0, 0.05) is 6.20 Å². The van der Waals surface area contributed by atoms with Crippen molar-refractivity contribution >= 4 is 5.97 Å². The molecule has 0 bridgehead atoms. The van der Waals surface area contributed by atoms with Crippen molar-refractivity contribution in [2.45, 2.75) is 6.73 Å². The first-order valence-electron chi connectivity index (χ1n) is 2.61. The summed E-state index contributed by atoms with van der Waals surface area (Å²) in [6.07, 6.45) is 1.39. The molecule has 10 heavy (non-hydrogen) atoms. The summed E-state index contributed by atoms with van der Waals surface area (Å²) in [5.74, 6) is -1.09. The van der Waals surface area contributed by atoms with Gasteiger partial charge in [0.25, 0.3) is 0 Å². The summed E-state index contributed by atoms with van der Waals surface area (Å²) in [7, 11) is 0. The molecule has 1 aromatic heterocycles. The lowest BCUT2D eigenvalue weighted by atomic mass is 10.5. The Kier molecular flexibility index (Phi) is 1.68. The number of aromatic nitrogens is 2. The van der Waals surface area contributed by atoms with Crippen LogP contribution in [0.3, 0.4) is 0 Å². The molecule has 5 heteroatoms. The summed E-state index contributed by atoms with van der Waals surface area (Å²) < 4.78 is 1.13. The smallest absolute Gasteiger partial charge is 0.356 e. The van der Waals surface area contributed by atoms with Gasteiger partial charge in [0.05, 0.1) is 0 Å². The zero-order valence-corrected chi connectivity index (χ0v) is 5.06. The van der Waals surface area contributed by atoms with E-state index in [9.17, 15) is 4.79 Å². The van der Waals surface area contributed by atoms with Gasteiger partial charge in [0.2, 0.25) is 0 Å². The highest BCUT2D eigenvalue weighted by Gasteiger charge is 2.04. The molecule has 5 nitrogen and oxygen atoms in total. The van der Waals surface area contributed by atoms with Crippen LogP contribution in [0.15, 0.2) is 12.3 Å². The lowest BCUT2D eigenvalue weighted by Crippen LogP contribution is -2.01.